The van der Waals surface area contributed by atoms with Crippen molar-refractivity contribution in [3.8, 4) is 0 Å². The Hall–Kier alpha value is -3.22. The highest BCUT2D eigenvalue weighted by molar-refractivity contribution is 6.23. The van der Waals surface area contributed by atoms with Crippen LogP contribution in [0.1, 0.15) is 65.3 Å². The third kappa shape index (κ3) is 4.81. The maximum absolute atomic E-state index is 13.6. The molecule has 5 rings (SSSR count). The largest absolute Gasteiger partial charge is 0.371 e. The summed E-state index contributed by atoms with van der Waals surface area (Å²) in [5.74, 6) is -0.138. The van der Waals surface area contributed by atoms with Gasteiger partial charge in [-0.15, -0.1) is 0 Å². The summed E-state index contributed by atoms with van der Waals surface area (Å²) in [6, 6.07) is 11.3. The van der Waals surface area contributed by atoms with Gasteiger partial charge in [-0.25, -0.2) is 4.39 Å². The molecule has 0 atom stereocenters. The first-order valence-electron chi connectivity index (χ1n) is 12.7. The lowest BCUT2D eigenvalue weighted by Gasteiger charge is -2.36. The van der Waals surface area contributed by atoms with Gasteiger partial charge in [0.15, 0.2) is 0 Å². The normalized spacial score (nSPS) is 18.2. The smallest absolute Gasteiger partial charge is 0.263 e. The molecular formula is C28H32FN3O3. The topological polar surface area (TPSA) is 60.9 Å². The lowest BCUT2D eigenvalue weighted by atomic mass is 9.93. The van der Waals surface area contributed by atoms with Crippen LogP contribution in [0, 0.1) is 17.7 Å². The number of amides is 3. The average molecular weight is 478 g/mol. The van der Waals surface area contributed by atoms with E-state index in [2.05, 4.69) is 16.7 Å². The molecule has 3 aliphatic rings. The lowest BCUT2D eigenvalue weighted by molar-refractivity contribution is -0.136. The van der Waals surface area contributed by atoms with Gasteiger partial charge in [0.25, 0.3) is 11.8 Å². The van der Waals surface area contributed by atoms with Crippen molar-refractivity contribution in [1.29, 1.82) is 0 Å². The van der Waals surface area contributed by atoms with Crippen LogP contribution in [0.3, 0.4) is 0 Å². The summed E-state index contributed by atoms with van der Waals surface area (Å²) < 4.78 is 13.6. The van der Waals surface area contributed by atoms with Crippen LogP contribution in [-0.2, 0) is 11.3 Å². The van der Waals surface area contributed by atoms with E-state index in [0.717, 1.165) is 38.0 Å². The highest BCUT2D eigenvalue weighted by Crippen LogP contribution is 2.35. The predicted octanol–water partition coefficient (Wildman–Crippen LogP) is 4.49. The Morgan fingerprint density at radius 3 is 2.46 bits per heavy atom. The van der Waals surface area contributed by atoms with Gasteiger partial charge in [-0.1, -0.05) is 25.1 Å². The molecule has 0 spiro atoms. The molecule has 2 aliphatic heterocycles. The first kappa shape index (κ1) is 23.5. The van der Waals surface area contributed by atoms with Gasteiger partial charge in [-0.05, 0) is 67.9 Å². The van der Waals surface area contributed by atoms with E-state index >= 15 is 0 Å². The summed E-state index contributed by atoms with van der Waals surface area (Å²) in [6.45, 7) is 5.19. The molecule has 3 amide bonds. The SMILES string of the molecule is CCCN(CC1CC1)C(=O)C1CCN(c2cccc3c2C(=O)N(Cc2cccc(F)c2)C3=O)CC1. The first-order valence-corrected chi connectivity index (χ1v) is 12.7. The van der Waals surface area contributed by atoms with Crippen molar-refractivity contribution in [1.82, 2.24) is 9.80 Å². The molecule has 0 N–H and O–H groups in total. The third-order valence-corrected chi connectivity index (χ3v) is 7.37. The fraction of sp³-hybridized carbons (Fsp3) is 0.464. The number of carbonyl (C=O) groups excluding carboxylic acids is 3. The summed E-state index contributed by atoms with van der Waals surface area (Å²) in [5, 5.41) is 0. The van der Waals surface area contributed by atoms with E-state index in [0.29, 0.717) is 35.7 Å². The van der Waals surface area contributed by atoms with Crippen molar-refractivity contribution in [2.75, 3.05) is 31.1 Å². The molecule has 7 heteroatoms. The quantitative estimate of drug-likeness (QED) is 0.526. The highest BCUT2D eigenvalue weighted by atomic mass is 19.1. The van der Waals surface area contributed by atoms with E-state index in [4.69, 9.17) is 0 Å². The van der Waals surface area contributed by atoms with E-state index in [1.54, 1.807) is 24.3 Å². The van der Waals surface area contributed by atoms with Crippen LogP contribution in [0.5, 0.6) is 0 Å². The number of imide groups is 1. The van der Waals surface area contributed by atoms with Gasteiger partial charge < -0.3 is 9.80 Å². The number of fused-ring (bicyclic) bond motifs is 1. The molecular weight excluding hydrogens is 445 g/mol. The summed E-state index contributed by atoms with van der Waals surface area (Å²) in [7, 11) is 0. The molecule has 1 saturated heterocycles. The number of rotatable bonds is 8. The zero-order valence-corrected chi connectivity index (χ0v) is 20.2. The van der Waals surface area contributed by atoms with Gasteiger partial charge >= 0.3 is 0 Å². The van der Waals surface area contributed by atoms with Crippen molar-refractivity contribution in [3.63, 3.8) is 0 Å². The van der Waals surface area contributed by atoms with Crippen LogP contribution in [0.4, 0.5) is 10.1 Å². The van der Waals surface area contributed by atoms with Gasteiger partial charge in [0.2, 0.25) is 5.91 Å². The van der Waals surface area contributed by atoms with Crippen LogP contribution < -0.4 is 4.90 Å². The molecule has 0 unspecified atom stereocenters. The number of hydrogen-bond donors (Lipinski definition) is 0. The minimum atomic E-state index is -0.396. The average Bonchev–Trinajstić information content (AvgIpc) is 3.66. The van der Waals surface area contributed by atoms with E-state index in [9.17, 15) is 18.8 Å². The Bertz CT molecular complexity index is 1140. The number of benzene rings is 2. The van der Waals surface area contributed by atoms with Crippen LogP contribution in [0.25, 0.3) is 0 Å². The summed E-state index contributed by atoms with van der Waals surface area (Å²) >= 11 is 0. The molecule has 6 nitrogen and oxygen atoms in total. The van der Waals surface area contributed by atoms with Crippen molar-refractivity contribution in [2.24, 2.45) is 11.8 Å². The Balaban J connectivity index is 1.29. The molecule has 35 heavy (non-hydrogen) atoms. The van der Waals surface area contributed by atoms with Crippen LogP contribution in [-0.4, -0.2) is 53.7 Å². The van der Waals surface area contributed by atoms with Gasteiger partial charge in [-0.2, -0.15) is 0 Å². The van der Waals surface area contributed by atoms with E-state index in [1.807, 2.05) is 6.07 Å². The number of hydrogen-bond acceptors (Lipinski definition) is 4. The fourth-order valence-electron chi connectivity index (χ4n) is 5.34. The Morgan fingerprint density at radius 2 is 1.77 bits per heavy atom. The van der Waals surface area contributed by atoms with E-state index < -0.39 is 5.82 Å². The molecule has 184 valence electrons. The van der Waals surface area contributed by atoms with Gasteiger partial charge in [-0.3, -0.25) is 19.3 Å². The second kappa shape index (κ2) is 9.80. The maximum Gasteiger partial charge on any atom is 0.263 e. The van der Waals surface area contributed by atoms with Crippen molar-refractivity contribution < 1.29 is 18.8 Å². The number of halogens is 1. The number of carbonyl (C=O) groups is 3. The lowest BCUT2D eigenvalue weighted by Crippen LogP contribution is -2.44. The Kier molecular flexibility index (Phi) is 6.58. The van der Waals surface area contributed by atoms with Gasteiger partial charge in [0, 0.05) is 32.1 Å². The van der Waals surface area contributed by atoms with E-state index in [1.165, 1.54) is 29.9 Å². The molecule has 0 radical (unpaired) electrons. The van der Waals surface area contributed by atoms with Crippen molar-refractivity contribution >= 4 is 23.4 Å². The second-order valence-electron chi connectivity index (χ2n) is 10.0. The van der Waals surface area contributed by atoms with Crippen molar-refractivity contribution in [2.45, 2.75) is 45.6 Å². The summed E-state index contributed by atoms with van der Waals surface area (Å²) in [4.78, 5) is 44.9. The van der Waals surface area contributed by atoms with Crippen LogP contribution in [0.15, 0.2) is 42.5 Å². The van der Waals surface area contributed by atoms with Gasteiger partial charge in [0.05, 0.1) is 23.4 Å². The molecule has 1 saturated carbocycles. The molecule has 2 fully saturated rings. The summed E-state index contributed by atoms with van der Waals surface area (Å²) in [5.41, 5.74) is 2.13. The highest BCUT2D eigenvalue weighted by Gasteiger charge is 2.39. The minimum absolute atomic E-state index is 0.00937. The molecule has 1 aliphatic carbocycles. The molecule has 2 heterocycles. The number of nitrogens with zero attached hydrogens (tertiary/aromatic N) is 3. The van der Waals surface area contributed by atoms with Crippen LogP contribution >= 0.6 is 0 Å². The number of piperidine rings is 1. The third-order valence-electron chi connectivity index (χ3n) is 7.37. The molecule has 0 bridgehead atoms. The fourth-order valence-corrected chi connectivity index (χ4v) is 5.34. The Morgan fingerprint density at radius 1 is 1.03 bits per heavy atom. The van der Waals surface area contributed by atoms with Crippen molar-refractivity contribution in [3.05, 3.63) is 65.0 Å². The zero-order chi connectivity index (χ0) is 24.5. The van der Waals surface area contributed by atoms with Gasteiger partial charge in [0.1, 0.15) is 5.82 Å². The minimum Gasteiger partial charge on any atom is -0.371 e. The summed E-state index contributed by atoms with van der Waals surface area (Å²) in [6.07, 6.45) is 4.91. The Labute approximate surface area is 205 Å². The second-order valence-corrected chi connectivity index (χ2v) is 10.0. The monoisotopic (exact) mass is 477 g/mol. The standard InChI is InChI=1S/C28H32FN3O3/c1-2-13-31(17-19-9-10-19)26(33)21-11-14-30(15-12-21)24-8-4-7-23-25(24)28(35)32(27(23)34)18-20-5-3-6-22(29)16-20/h3-8,16,19,21H,2,9-15,17-18H2,1H3. The van der Waals surface area contributed by atoms with E-state index in [-0.39, 0.29) is 30.2 Å². The molecule has 2 aromatic carbocycles. The van der Waals surface area contributed by atoms with Crippen LogP contribution in [0.2, 0.25) is 0 Å². The predicted molar refractivity (Wildman–Crippen MR) is 132 cm³/mol. The number of anilines is 1. The maximum atomic E-state index is 13.6. The zero-order valence-electron chi connectivity index (χ0n) is 20.2. The molecule has 0 aromatic heterocycles. The first-order chi connectivity index (χ1) is 17.0. The molecule has 2 aromatic rings.